The molecule has 2 rings (SSSR count). The minimum absolute atomic E-state index is 0.707. The van der Waals surface area contributed by atoms with Crippen molar-refractivity contribution in [3.05, 3.63) is 47.5 Å². The summed E-state index contributed by atoms with van der Waals surface area (Å²) in [5.74, 6) is 0.828. The molecule has 82 valence electrons. The van der Waals surface area contributed by atoms with Crippen LogP contribution in [0.5, 0.6) is 5.75 Å². The SMILES string of the molecule is COc1ccc(N=C2CC=CC=C2Cl)cc1. The number of halogens is 1. The second kappa shape index (κ2) is 4.99. The van der Waals surface area contributed by atoms with Gasteiger partial charge >= 0.3 is 0 Å². The van der Waals surface area contributed by atoms with Crippen LogP contribution in [0.4, 0.5) is 5.69 Å². The lowest BCUT2D eigenvalue weighted by Crippen LogP contribution is -1.98. The molecule has 1 aromatic carbocycles. The Morgan fingerprint density at radius 3 is 2.62 bits per heavy atom. The molecular formula is C13H12ClNO. The summed E-state index contributed by atoms with van der Waals surface area (Å²) in [5.41, 5.74) is 1.78. The van der Waals surface area contributed by atoms with Gasteiger partial charge in [0.15, 0.2) is 0 Å². The van der Waals surface area contributed by atoms with E-state index in [2.05, 4.69) is 4.99 Å². The van der Waals surface area contributed by atoms with E-state index in [1.165, 1.54) is 0 Å². The first-order valence-corrected chi connectivity index (χ1v) is 5.42. The number of allylic oxidation sites excluding steroid dienone is 4. The maximum Gasteiger partial charge on any atom is 0.119 e. The summed E-state index contributed by atoms with van der Waals surface area (Å²) in [6.07, 6.45) is 6.61. The van der Waals surface area contributed by atoms with Gasteiger partial charge in [0.25, 0.3) is 0 Å². The first kappa shape index (κ1) is 11.0. The highest BCUT2D eigenvalue weighted by atomic mass is 35.5. The van der Waals surface area contributed by atoms with Gasteiger partial charge < -0.3 is 4.74 Å². The molecule has 0 bridgehead atoms. The molecule has 0 N–H and O–H groups in total. The van der Waals surface area contributed by atoms with E-state index < -0.39 is 0 Å². The second-order valence-electron chi connectivity index (χ2n) is 3.40. The highest BCUT2D eigenvalue weighted by molar-refractivity contribution is 6.44. The van der Waals surface area contributed by atoms with Gasteiger partial charge in [0.2, 0.25) is 0 Å². The van der Waals surface area contributed by atoms with Crippen molar-refractivity contribution in [3.63, 3.8) is 0 Å². The van der Waals surface area contributed by atoms with Crippen molar-refractivity contribution in [1.29, 1.82) is 0 Å². The molecule has 0 atom stereocenters. The van der Waals surface area contributed by atoms with Gasteiger partial charge in [0.1, 0.15) is 5.75 Å². The van der Waals surface area contributed by atoms with Crippen LogP contribution < -0.4 is 4.74 Å². The molecule has 0 spiro atoms. The van der Waals surface area contributed by atoms with Crippen molar-refractivity contribution >= 4 is 23.0 Å². The Morgan fingerprint density at radius 1 is 1.25 bits per heavy atom. The standard InChI is InChI=1S/C13H12ClNO/c1-16-11-8-6-10(7-9-11)15-13-5-3-2-4-12(13)14/h2-4,6-9H,5H2,1H3. The Hall–Kier alpha value is -1.54. The summed E-state index contributed by atoms with van der Waals surface area (Å²) in [5, 5.41) is 0.707. The van der Waals surface area contributed by atoms with E-state index in [1.54, 1.807) is 7.11 Å². The normalized spacial score (nSPS) is 17.4. The molecule has 16 heavy (non-hydrogen) atoms. The quantitative estimate of drug-likeness (QED) is 0.760. The fraction of sp³-hybridized carbons (Fsp3) is 0.154. The molecule has 0 saturated heterocycles. The van der Waals surface area contributed by atoms with E-state index in [0.717, 1.165) is 23.6 Å². The number of benzene rings is 1. The van der Waals surface area contributed by atoms with Crippen molar-refractivity contribution < 1.29 is 4.74 Å². The molecule has 0 unspecified atom stereocenters. The van der Waals surface area contributed by atoms with Crippen LogP contribution in [-0.2, 0) is 0 Å². The second-order valence-corrected chi connectivity index (χ2v) is 3.81. The highest BCUT2D eigenvalue weighted by Gasteiger charge is 2.05. The zero-order valence-electron chi connectivity index (χ0n) is 8.98. The minimum Gasteiger partial charge on any atom is -0.497 e. The third-order valence-electron chi connectivity index (χ3n) is 2.30. The smallest absolute Gasteiger partial charge is 0.119 e. The third kappa shape index (κ3) is 2.52. The van der Waals surface area contributed by atoms with Crippen LogP contribution in [-0.4, -0.2) is 12.8 Å². The Morgan fingerprint density at radius 2 is 2.00 bits per heavy atom. The molecule has 0 radical (unpaired) electrons. The van der Waals surface area contributed by atoms with Crippen molar-refractivity contribution in [1.82, 2.24) is 0 Å². The molecule has 0 aromatic heterocycles. The number of rotatable bonds is 2. The molecule has 0 saturated carbocycles. The third-order valence-corrected chi connectivity index (χ3v) is 2.65. The first-order chi connectivity index (χ1) is 7.79. The summed E-state index contributed by atoms with van der Waals surface area (Å²) in [7, 11) is 1.65. The van der Waals surface area contributed by atoms with Crippen LogP contribution in [0.1, 0.15) is 6.42 Å². The van der Waals surface area contributed by atoms with Crippen LogP contribution in [0.15, 0.2) is 52.5 Å². The van der Waals surface area contributed by atoms with E-state index in [0.29, 0.717) is 5.03 Å². The predicted molar refractivity (Wildman–Crippen MR) is 67.8 cm³/mol. The predicted octanol–water partition coefficient (Wildman–Crippen LogP) is 3.85. The summed E-state index contributed by atoms with van der Waals surface area (Å²) in [4.78, 5) is 4.48. The zero-order chi connectivity index (χ0) is 11.4. The lowest BCUT2D eigenvalue weighted by molar-refractivity contribution is 0.415. The molecule has 1 aliphatic carbocycles. The summed E-state index contributed by atoms with van der Waals surface area (Å²) >= 11 is 6.05. The fourth-order valence-corrected chi connectivity index (χ4v) is 1.63. The van der Waals surface area contributed by atoms with E-state index in [4.69, 9.17) is 16.3 Å². The number of aliphatic imine (C=N–C) groups is 1. The Bertz CT molecular complexity index is 457. The summed E-state index contributed by atoms with van der Waals surface area (Å²) in [6, 6.07) is 7.59. The van der Waals surface area contributed by atoms with Gasteiger partial charge in [0, 0.05) is 6.42 Å². The van der Waals surface area contributed by atoms with Crippen LogP contribution >= 0.6 is 11.6 Å². The van der Waals surface area contributed by atoms with Gasteiger partial charge in [-0.15, -0.1) is 0 Å². The Labute approximate surface area is 99.9 Å². The van der Waals surface area contributed by atoms with Gasteiger partial charge in [0.05, 0.1) is 23.5 Å². The number of hydrogen-bond acceptors (Lipinski definition) is 2. The van der Waals surface area contributed by atoms with Gasteiger partial charge in [-0.3, -0.25) is 4.99 Å². The van der Waals surface area contributed by atoms with Crippen molar-refractivity contribution in [3.8, 4) is 5.75 Å². The first-order valence-electron chi connectivity index (χ1n) is 5.04. The molecule has 0 amide bonds. The average Bonchev–Trinajstić information content (AvgIpc) is 2.33. The van der Waals surface area contributed by atoms with Gasteiger partial charge in [-0.25, -0.2) is 0 Å². The average molecular weight is 234 g/mol. The molecular weight excluding hydrogens is 222 g/mol. The number of methoxy groups -OCH3 is 1. The van der Waals surface area contributed by atoms with E-state index in [-0.39, 0.29) is 0 Å². The minimum atomic E-state index is 0.707. The van der Waals surface area contributed by atoms with Crippen LogP contribution in [0.25, 0.3) is 0 Å². The van der Waals surface area contributed by atoms with Gasteiger partial charge in [-0.1, -0.05) is 23.8 Å². The van der Waals surface area contributed by atoms with E-state index in [9.17, 15) is 0 Å². The molecule has 0 fully saturated rings. The lowest BCUT2D eigenvalue weighted by Gasteiger charge is -2.06. The largest absolute Gasteiger partial charge is 0.497 e. The summed E-state index contributed by atoms with van der Waals surface area (Å²) in [6.45, 7) is 0. The van der Waals surface area contributed by atoms with Gasteiger partial charge in [-0.2, -0.15) is 0 Å². The Balaban J connectivity index is 2.22. The van der Waals surface area contributed by atoms with E-state index >= 15 is 0 Å². The maximum atomic E-state index is 6.05. The van der Waals surface area contributed by atoms with Crippen molar-refractivity contribution in [2.75, 3.05) is 7.11 Å². The van der Waals surface area contributed by atoms with E-state index in [1.807, 2.05) is 42.5 Å². The zero-order valence-corrected chi connectivity index (χ0v) is 9.74. The molecule has 2 nitrogen and oxygen atoms in total. The molecule has 0 heterocycles. The molecule has 1 aromatic rings. The molecule has 0 aliphatic heterocycles. The Kier molecular flexibility index (Phi) is 3.42. The van der Waals surface area contributed by atoms with Crippen molar-refractivity contribution in [2.45, 2.75) is 6.42 Å². The lowest BCUT2D eigenvalue weighted by atomic mass is 10.1. The van der Waals surface area contributed by atoms with Crippen LogP contribution in [0, 0.1) is 0 Å². The summed E-state index contributed by atoms with van der Waals surface area (Å²) < 4.78 is 5.08. The fourth-order valence-electron chi connectivity index (χ4n) is 1.44. The number of hydrogen-bond donors (Lipinski definition) is 0. The monoisotopic (exact) mass is 233 g/mol. The number of nitrogens with zero attached hydrogens (tertiary/aromatic N) is 1. The van der Waals surface area contributed by atoms with Crippen LogP contribution in [0.2, 0.25) is 0 Å². The topological polar surface area (TPSA) is 21.6 Å². The van der Waals surface area contributed by atoms with Gasteiger partial charge in [-0.05, 0) is 30.3 Å². The number of ether oxygens (including phenoxy) is 1. The maximum absolute atomic E-state index is 6.05. The highest BCUT2D eigenvalue weighted by Crippen LogP contribution is 2.22. The van der Waals surface area contributed by atoms with Crippen molar-refractivity contribution in [2.24, 2.45) is 4.99 Å². The molecule has 3 heteroatoms. The van der Waals surface area contributed by atoms with Crippen LogP contribution in [0.3, 0.4) is 0 Å². The molecule has 1 aliphatic rings.